The maximum absolute atomic E-state index is 12.7. The summed E-state index contributed by atoms with van der Waals surface area (Å²) in [7, 11) is 1.56. The van der Waals surface area contributed by atoms with Crippen LogP contribution in [0.3, 0.4) is 0 Å². The van der Waals surface area contributed by atoms with Crippen LogP contribution < -0.4 is 5.32 Å². The molecule has 0 fully saturated rings. The van der Waals surface area contributed by atoms with Gasteiger partial charge in [0.05, 0.1) is 12.1 Å². The van der Waals surface area contributed by atoms with Crippen LogP contribution >= 0.6 is 0 Å². The van der Waals surface area contributed by atoms with Crippen LogP contribution in [0.4, 0.5) is 4.39 Å². The molecule has 1 aromatic heterocycles. The molecule has 2 rings (SSSR count). The second kappa shape index (κ2) is 4.78. The number of nitrogens with zero attached hydrogens (tertiary/aromatic N) is 1. The molecule has 0 unspecified atom stereocenters. The molecular weight excluding hydrogens is 223 g/mol. The van der Waals surface area contributed by atoms with Crippen molar-refractivity contribution in [2.45, 2.75) is 6.42 Å². The van der Waals surface area contributed by atoms with Crippen LogP contribution in [0.15, 0.2) is 34.9 Å². The Morgan fingerprint density at radius 1 is 1.41 bits per heavy atom. The largest absolute Gasteiger partial charge is 0.444 e. The fourth-order valence-electron chi connectivity index (χ4n) is 1.37. The highest BCUT2D eigenvalue weighted by Gasteiger charge is 2.09. The molecule has 1 heterocycles. The van der Waals surface area contributed by atoms with E-state index in [1.807, 2.05) is 0 Å². The fraction of sp³-hybridized carbons (Fsp3) is 0.167. The van der Waals surface area contributed by atoms with Gasteiger partial charge in [-0.05, 0) is 24.3 Å². The Morgan fingerprint density at radius 2 is 2.12 bits per heavy atom. The Labute approximate surface area is 97.5 Å². The molecule has 5 heteroatoms. The number of likely N-dealkylation sites (N-methyl/N-ethyl adjacent to an activating group) is 1. The number of halogens is 1. The molecule has 0 aliphatic rings. The fourth-order valence-corrected chi connectivity index (χ4v) is 1.37. The molecule has 2 aromatic rings. The number of carbonyl (C=O) groups excluding carboxylic acids is 1. The molecule has 88 valence electrons. The van der Waals surface area contributed by atoms with Crippen molar-refractivity contribution in [3.63, 3.8) is 0 Å². The zero-order chi connectivity index (χ0) is 12.3. The van der Waals surface area contributed by atoms with Gasteiger partial charge in [-0.15, -0.1) is 0 Å². The van der Waals surface area contributed by atoms with Crippen LogP contribution in [0.5, 0.6) is 0 Å². The summed E-state index contributed by atoms with van der Waals surface area (Å²) >= 11 is 0. The van der Waals surface area contributed by atoms with Gasteiger partial charge in [0.25, 0.3) is 0 Å². The zero-order valence-corrected chi connectivity index (χ0v) is 9.24. The number of carbonyl (C=O) groups is 1. The van der Waals surface area contributed by atoms with Crippen molar-refractivity contribution in [2.75, 3.05) is 7.05 Å². The summed E-state index contributed by atoms with van der Waals surface area (Å²) in [5.74, 6) is -0.0706. The molecule has 1 aromatic carbocycles. The van der Waals surface area contributed by atoms with E-state index in [-0.39, 0.29) is 18.1 Å². The van der Waals surface area contributed by atoms with E-state index in [1.54, 1.807) is 19.2 Å². The van der Waals surface area contributed by atoms with Gasteiger partial charge in [-0.2, -0.15) is 0 Å². The monoisotopic (exact) mass is 234 g/mol. The van der Waals surface area contributed by atoms with Crippen molar-refractivity contribution in [1.82, 2.24) is 10.3 Å². The first-order chi connectivity index (χ1) is 8.19. The van der Waals surface area contributed by atoms with E-state index in [0.29, 0.717) is 17.1 Å². The van der Waals surface area contributed by atoms with Crippen LogP contribution in [0, 0.1) is 5.82 Å². The Morgan fingerprint density at radius 3 is 2.76 bits per heavy atom. The van der Waals surface area contributed by atoms with Gasteiger partial charge >= 0.3 is 0 Å². The normalized spacial score (nSPS) is 10.2. The third-order valence-corrected chi connectivity index (χ3v) is 2.26. The lowest BCUT2D eigenvalue weighted by molar-refractivity contribution is -0.120. The maximum atomic E-state index is 12.7. The molecule has 17 heavy (non-hydrogen) atoms. The van der Waals surface area contributed by atoms with Gasteiger partial charge in [0.2, 0.25) is 11.8 Å². The summed E-state index contributed by atoms with van der Waals surface area (Å²) in [5.41, 5.74) is 1.22. The average molecular weight is 234 g/mol. The molecule has 0 aliphatic carbocycles. The van der Waals surface area contributed by atoms with Gasteiger partial charge in [-0.1, -0.05) is 0 Å². The quantitative estimate of drug-likeness (QED) is 0.880. The summed E-state index contributed by atoms with van der Waals surface area (Å²) < 4.78 is 17.9. The molecule has 4 nitrogen and oxygen atoms in total. The Kier molecular flexibility index (Phi) is 3.18. The minimum Gasteiger partial charge on any atom is -0.444 e. The van der Waals surface area contributed by atoms with Crippen molar-refractivity contribution < 1.29 is 13.6 Å². The number of aromatic nitrogens is 1. The summed E-state index contributed by atoms with van der Waals surface area (Å²) in [6.45, 7) is 0. The minimum atomic E-state index is -0.314. The van der Waals surface area contributed by atoms with Crippen molar-refractivity contribution in [3.8, 4) is 11.5 Å². The number of nitrogens with one attached hydrogen (secondary N) is 1. The Bertz CT molecular complexity index is 520. The maximum Gasteiger partial charge on any atom is 0.226 e. The summed E-state index contributed by atoms with van der Waals surface area (Å²) in [5, 5.41) is 2.50. The topological polar surface area (TPSA) is 55.1 Å². The van der Waals surface area contributed by atoms with Gasteiger partial charge in [0.1, 0.15) is 12.1 Å². The highest BCUT2D eigenvalue weighted by molar-refractivity contribution is 5.77. The SMILES string of the molecule is CNC(=O)Cc1coc(-c2ccc(F)cc2)n1. The van der Waals surface area contributed by atoms with Crippen molar-refractivity contribution >= 4 is 5.91 Å². The van der Waals surface area contributed by atoms with Crippen molar-refractivity contribution in [2.24, 2.45) is 0 Å². The lowest BCUT2D eigenvalue weighted by Crippen LogP contribution is -2.20. The van der Waals surface area contributed by atoms with Crippen LogP contribution in [0.1, 0.15) is 5.69 Å². The Balaban J connectivity index is 2.18. The zero-order valence-electron chi connectivity index (χ0n) is 9.24. The van der Waals surface area contributed by atoms with E-state index in [0.717, 1.165) is 0 Å². The molecule has 0 saturated heterocycles. The average Bonchev–Trinajstić information content (AvgIpc) is 2.78. The molecule has 1 N–H and O–H groups in total. The van der Waals surface area contributed by atoms with Crippen molar-refractivity contribution in [3.05, 3.63) is 42.0 Å². The number of hydrogen-bond acceptors (Lipinski definition) is 3. The molecule has 0 bridgehead atoms. The molecule has 0 aliphatic heterocycles. The Hall–Kier alpha value is -2.17. The molecule has 0 atom stereocenters. The standard InChI is InChI=1S/C12H11FN2O2/c1-14-11(16)6-10-7-17-12(15-10)8-2-4-9(13)5-3-8/h2-5,7H,6H2,1H3,(H,14,16). The highest BCUT2D eigenvalue weighted by Crippen LogP contribution is 2.18. The van der Waals surface area contributed by atoms with E-state index < -0.39 is 0 Å². The lowest BCUT2D eigenvalue weighted by atomic mass is 10.2. The lowest BCUT2D eigenvalue weighted by Gasteiger charge is -1.95. The molecule has 0 spiro atoms. The van der Waals surface area contributed by atoms with Crippen molar-refractivity contribution in [1.29, 1.82) is 0 Å². The minimum absolute atomic E-state index is 0.135. The summed E-state index contributed by atoms with van der Waals surface area (Å²) in [6.07, 6.45) is 1.59. The van der Waals surface area contributed by atoms with Gasteiger partial charge in [-0.25, -0.2) is 9.37 Å². The number of rotatable bonds is 3. The van der Waals surface area contributed by atoms with Crippen LogP contribution in [0.2, 0.25) is 0 Å². The number of oxazole rings is 1. The number of hydrogen-bond donors (Lipinski definition) is 1. The van der Waals surface area contributed by atoms with Gasteiger partial charge in [0.15, 0.2) is 0 Å². The predicted octanol–water partition coefficient (Wildman–Crippen LogP) is 1.77. The van der Waals surface area contributed by atoms with Crippen LogP contribution in [-0.4, -0.2) is 17.9 Å². The van der Waals surface area contributed by atoms with Gasteiger partial charge < -0.3 is 9.73 Å². The van der Waals surface area contributed by atoms with Crippen LogP contribution in [0.25, 0.3) is 11.5 Å². The van der Waals surface area contributed by atoms with E-state index in [4.69, 9.17) is 4.42 Å². The third kappa shape index (κ3) is 2.69. The molecule has 0 radical (unpaired) electrons. The first kappa shape index (κ1) is 11.3. The van der Waals surface area contributed by atoms with Gasteiger partial charge in [-0.3, -0.25) is 4.79 Å². The molecule has 0 saturated carbocycles. The van der Waals surface area contributed by atoms with E-state index >= 15 is 0 Å². The second-order valence-corrected chi connectivity index (χ2v) is 3.50. The third-order valence-electron chi connectivity index (χ3n) is 2.26. The molecular formula is C12H11FN2O2. The smallest absolute Gasteiger partial charge is 0.226 e. The van der Waals surface area contributed by atoms with Gasteiger partial charge in [0, 0.05) is 12.6 Å². The first-order valence-electron chi connectivity index (χ1n) is 5.10. The highest BCUT2D eigenvalue weighted by atomic mass is 19.1. The second-order valence-electron chi connectivity index (χ2n) is 3.50. The number of amides is 1. The predicted molar refractivity (Wildman–Crippen MR) is 59.7 cm³/mol. The van der Waals surface area contributed by atoms with E-state index in [9.17, 15) is 9.18 Å². The van der Waals surface area contributed by atoms with E-state index in [1.165, 1.54) is 18.4 Å². The summed E-state index contributed by atoms with van der Waals surface area (Å²) in [4.78, 5) is 15.3. The summed E-state index contributed by atoms with van der Waals surface area (Å²) in [6, 6.07) is 5.81. The van der Waals surface area contributed by atoms with E-state index in [2.05, 4.69) is 10.3 Å². The molecule has 1 amide bonds. The number of benzene rings is 1. The van der Waals surface area contributed by atoms with Crippen LogP contribution in [-0.2, 0) is 11.2 Å². The first-order valence-corrected chi connectivity index (χ1v) is 5.10.